The molecule has 0 spiro atoms. The zero-order valence-electron chi connectivity index (χ0n) is 28.1. The molecule has 49 heavy (non-hydrogen) atoms. The van der Waals surface area contributed by atoms with Gasteiger partial charge in [0.25, 0.3) is 0 Å². The van der Waals surface area contributed by atoms with E-state index in [9.17, 15) is 0 Å². The SMILES string of the molecule is CC(C)(C)[Si](c1ccccc1)(c1ccccc1)c1cccc2c1c1ccccc1n2-c1ccc2c(c1)c1ccccc1n2-c1ccccc1. The van der Waals surface area contributed by atoms with Crippen LogP contribution >= 0.6 is 0 Å². The standard InChI is InChI=1S/C46H38N2Si/c1-46(2,3)49(35-20-9-5-10-21-35,36-22-11-6-12-23-36)44-29-17-28-43-45(44)38-25-14-16-27-41(38)48(43)34-30-31-42-39(32-34)37-24-13-15-26-40(37)47(42)33-18-7-4-8-19-33/h4-32H,1-3H3. The maximum atomic E-state index is 2.50. The quantitative estimate of drug-likeness (QED) is 0.130. The molecule has 9 rings (SSSR count). The second-order valence-electron chi connectivity index (χ2n) is 14.2. The number of nitrogens with zero attached hydrogens (tertiary/aromatic N) is 2. The van der Waals surface area contributed by atoms with Gasteiger partial charge in [0.15, 0.2) is 8.07 Å². The molecule has 0 bridgehead atoms. The molecule has 236 valence electrons. The number of hydrogen-bond donors (Lipinski definition) is 0. The Morgan fingerprint density at radius 2 is 0.878 bits per heavy atom. The van der Waals surface area contributed by atoms with Gasteiger partial charge in [-0.1, -0.05) is 148 Å². The molecule has 0 unspecified atom stereocenters. The van der Waals surface area contributed by atoms with Gasteiger partial charge in [-0.05, 0) is 69.1 Å². The Labute approximate surface area is 288 Å². The molecule has 0 atom stereocenters. The maximum Gasteiger partial charge on any atom is 0.154 e. The van der Waals surface area contributed by atoms with Crippen LogP contribution in [0.5, 0.6) is 0 Å². The summed E-state index contributed by atoms with van der Waals surface area (Å²) in [4.78, 5) is 0. The summed E-state index contributed by atoms with van der Waals surface area (Å²) in [6.07, 6.45) is 0. The van der Waals surface area contributed by atoms with Gasteiger partial charge in [-0.15, -0.1) is 0 Å². The monoisotopic (exact) mass is 646 g/mol. The van der Waals surface area contributed by atoms with Crippen LogP contribution in [-0.4, -0.2) is 17.2 Å². The lowest BCUT2D eigenvalue weighted by Crippen LogP contribution is -2.72. The van der Waals surface area contributed by atoms with Gasteiger partial charge in [0, 0.05) is 32.9 Å². The molecule has 0 aliphatic rings. The van der Waals surface area contributed by atoms with Crippen LogP contribution in [0.25, 0.3) is 55.0 Å². The van der Waals surface area contributed by atoms with Crippen molar-refractivity contribution in [3.63, 3.8) is 0 Å². The van der Waals surface area contributed by atoms with Crippen molar-refractivity contribution in [2.75, 3.05) is 0 Å². The second kappa shape index (κ2) is 11.2. The van der Waals surface area contributed by atoms with E-state index in [1.54, 1.807) is 0 Å². The summed E-state index contributed by atoms with van der Waals surface area (Å²) >= 11 is 0. The van der Waals surface area contributed by atoms with Crippen molar-refractivity contribution in [1.82, 2.24) is 9.13 Å². The van der Waals surface area contributed by atoms with E-state index in [1.807, 2.05) is 0 Å². The summed E-state index contributed by atoms with van der Waals surface area (Å²) in [6, 6.07) is 65.2. The van der Waals surface area contributed by atoms with E-state index in [-0.39, 0.29) is 5.04 Å². The lowest BCUT2D eigenvalue weighted by Gasteiger charge is -2.45. The molecule has 2 nitrogen and oxygen atoms in total. The summed E-state index contributed by atoms with van der Waals surface area (Å²) < 4.78 is 4.89. The summed E-state index contributed by atoms with van der Waals surface area (Å²) in [5.74, 6) is 0. The Morgan fingerprint density at radius 1 is 0.388 bits per heavy atom. The number of rotatable bonds is 5. The number of fused-ring (bicyclic) bond motifs is 6. The third kappa shape index (κ3) is 4.32. The van der Waals surface area contributed by atoms with E-state index in [1.165, 1.54) is 70.5 Å². The summed E-state index contributed by atoms with van der Waals surface area (Å²) in [7, 11) is -2.63. The van der Waals surface area contributed by atoms with Gasteiger partial charge in [0.2, 0.25) is 0 Å². The lowest BCUT2D eigenvalue weighted by molar-refractivity contribution is 0.740. The number of hydrogen-bond acceptors (Lipinski definition) is 0. The van der Waals surface area contributed by atoms with Crippen LogP contribution in [0.2, 0.25) is 5.04 Å². The highest BCUT2D eigenvalue weighted by molar-refractivity contribution is 7.14. The van der Waals surface area contributed by atoms with Crippen LogP contribution in [0.15, 0.2) is 176 Å². The van der Waals surface area contributed by atoms with E-state index >= 15 is 0 Å². The Bertz CT molecular complexity index is 2590. The summed E-state index contributed by atoms with van der Waals surface area (Å²) in [5, 5.41) is 9.49. The third-order valence-electron chi connectivity index (χ3n) is 10.6. The fourth-order valence-corrected chi connectivity index (χ4v) is 14.6. The molecule has 0 aliphatic heterocycles. The predicted molar refractivity (Wildman–Crippen MR) is 212 cm³/mol. The van der Waals surface area contributed by atoms with Crippen molar-refractivity contribution < 1.29 is 0 Å². The fraction of sp³-hybridized carbons (Fsp3) is 0.0870. The summed E-state index contributed by atoms with van der Waals surface area (Å²) in [6.45, 7) is 7.36. The van der Waals surface area contributed by atoms with Crippen molar-refractivity contribution in [2.45, 2.75) is 25.8 Å². The molecule has 2 heterocycles. The molecule has 0 aliphatic carbocycles. The van der Waals surface area contributed by atoms with E-state index in [2.05, 4.69) is 206 Å². The molecule has 0 saturated carbocycles. The molecule has 0 fully saturated rings. The van der Waals surface area contributed by atoms with E-state index in [4.69, 9.17) is 0 Å². The van der Waals surface area contributed by atoms with Crippen molar-refractivity contribution in [2.24, 2.45) is 0 Å². The first-order chi connectivity index (χ1) is 24.0. The fourth-order valence-electron chi connectivity index (χ4n) is 8.69. The molecule has 3 heteroatoms. The minimum absolute atomic E-state index is 0.0224. The molecule has 0 N–H and O–H groups in total. The van der Waals surface area contributed by atoms with Gasteiger partial charge < -0.3 is 9.13 Å². The predicted octanol–water partition coefficient (Wildman–Crippen LogP) is 10.2. The molecule has 7 aromatic carbocycles. The Hall–Kier alpha value is -5.64. The minimum atomic E-state index is -2.63. The van der Waals surface area contributed by atoms with Crippen molar-refractivity contribution >= 4 is 67.2 Å². The Balaban J connectivity index is 1.39. The minimum Gasteiger partial charge on any atom is -0.309 e. The summed E-state index contributed by atoms with van der Waals surface area (Å²) in [5.41, 5.74) is 7.26. The largest absolute Gasteiger partial charge is 0.309 e. The van der Waals surface area contributed by atoms with Gasteiger partial charge >= 0.3 is 0 Å². The van der Waals surface area contributed by atoms with Gasteiger partial charge in [-0.25, -0.2) is 0 Å². The Kier molecular flexibility index (Phi) is 6.75. The number of benzene rings is 7. The highest BCUT2D eigenvalue weighted by Crippen LogP contribution is 2.41. The average molecular weight is 647 g/mol. The second-order valence-corrected chi connectivity index (χ2v) is 18.9. The highest BCUT2D eigenvalue weighted by Gasteiger charge is 2.50. The van der Waals surface area contributed by atoms with Gasteiger partial charge in [0.05, 0.1) is 22.1 Å². The molecule has 9 aromatic rings. The first-order valence-corrected chi connectivity index (χ1v) is 19.2. The first-order valence-electron chi connectivity index (χ1n) is 17.2. The molecule has 0 saturated heterocycles. The van der Waals surface area contributed by atoms with Crippen LogP contribution in [-0.2, 0) is 0 Å². The Morgan fingerprint density at radius 3 is 1.51 bits per heavy atom. The van der Waals surface area contributed by atoms with Gasteiger partial charge in [-0.2, -0.15) is 0 Å². The van der Waals surface area contributed by atoms with Crippen molar-refractivity contribution in [1.29, 1.82) is 0 Å². The molecular weight excluding hydrogens is 609 g/mol. The third-order valence-corrected chi connectivity index (χ3v) is 16.4. The van der Waals surface area contributed by atoms with Crippen LogP contribution in [0, 0.1) is 0 Å². The van der Waals surface area contributed by atoms with Crippen LogP contribution in [0.4, 0.5) is 0 Å². The maximum absolute atomic E-state index is 2.63. The molecule has 0 radical (unpaired) electrons. The number of aromatic nitrogens is 2. The molecular formula is C46H38N2Si. The number of para-hydroxylation sites is 3. The molecule has 0 amide bonds. The van der Waals surface area contributed by atoms with Gasteiger partial charge in [0.1, 0.15) is 0 Å². The highest BCUT2D eigenvalue weighted by atomic mass is 28.3. The van der Waals surface area contributed by atoms with Crippen LogP contribution in [0.1, 0.15) is 20.8 Å². The van der Waals surface area contributed by atoms with Crippen LogP contribution in [0.3, 0.4) is 0 Å². The zero-order chi connectivity index (χ0) is 33.2. The van der Waals surface area contributed by atoms with Crippen molar-refractivity contribution in [3.8, 4) is 11.4 Å². The zero-order valence-corrected chi connectivity index (χ0v) is 29.1. The average Bonchev–Trinajstić information content (AvgIpc) is 3.66. The van der Waals surface area contributed by atoms with E-state index in [0.29, 0.717) is 0 Å². The normalized spacial score (nSPS) is 12.4. The smallest absolute Gasteiger partial charge is 0.154 e. The van der Waals surface area contributed by atoms with Crippen LogP contribution < -0.4 is 15.6 Å². The first kappa shape index (κ1) is 29.5. The lowest BCUT2D eigenvalue weighted by atomic mass is 10.1. The molecule has 2 aromatic heterocycles. The van der Waals surface area contributed by atoms with E-state index in [0.717, 1.165) is 0 Å². The van der Waals surface area contributed by atoms with E-state index < -0.39 is 8.07 Å². The topological polar surface area (TPSA) is 9.86 Å². The van der Waals surface area contributed by atoms with Gasteiger partial charge in [-0.3, -0.25) is 0 Å². The van der Waals surface area contributed by atoms with Crippen molar-refractivity contribution in [3.05, 3.63) is 176 Å².